The van der Waals surface area contributed by atoms with Crippen molar-refractivity contribution in [3.63, 3.8) is 0 Å². The number of carbonyl (C=O) groups is 1. The van der Waals surface area contributed by atoms with Crippen molar-refractivity contribution in [2.75, 3.05) is 58.6 Å². The van der Waals surface area contributed by atoms with E-state index in [0.717, 1.165) is 26.2 Å². The molecule has 7 nitrogen and oxygen atoms in total. The Balaban J connectivity index is 2.15. The fourth-order valence-corrected chi connectivity index (χ4v) is 3.10. The zero-order valence-corrected chi connectivity index (χ0v) is 13.2. The van der Waals surface area contributed by atoms with Gasteiger partial charge in [-0.1, -0.05) is 6.92 Å². The Labute approximate surface area is 121 Å². The first-order valence-corrected chi connectivity index (χ1v) is 8.93. The van der Waals surface area contributed by atoms with Gasteiger partial charge in [-0.2, -0.15) is 0 Å². The van der Waals surface area contributed by atoms with E-state index in [1.807, 2.05) is 6.92 Å². The maximum Gasteiger partial charge on any atom is 0.234 e. The Kier molecular flexibility index (Phi) is 7.42. The molecule has 1 aliphatic rings. The number of hydrogen-bond acceptors (Lipinski definition) is 5. The van der Waals surface area contributed by atoms with E-state index in [0.29, 0.717) is 32.6 Å². The Morgan fingerprint density at radius 2 is 2.00 bits per heavy atom. The van der Waals surface area contributed by atoms with E-state index in [1.165, 1.54) is 10.6 Å². The topological polar surface area (TPSA) is 81.8 Å². The van der Waals surface area contributed by atoms with Gasteiger partial charge in [0.15, 0.2) is 0 Å². The number of hydrogen-bond donors (Lipinski definition) is 2. The van der Waals surface area contributed by atoms with Crippen LogP contribution in [0.5, 0.6) is 0 Å². The number of amides is 1. The maximum atomic E-state index is 11.7. The second kappa shape index (κ2) is 8.56. The molecule has 0 unspecified atom stereocenters. The summed E-state index contributed by atoms with van der Waals surface area (Å²) in [7, 11) is -3.13. The van der Waals surface area contributed by atoms with Gasteiger partial charge in [0.05, 0.1) is 12.8 Å². The van der Waals surface area contributed by atoms with Crippen LogP contribution in [-0.2, 0) is 14.8 Å². The number of carbonyl (C=O) groups excluding carboxylic acids is 1. The fraction of sp³-hybridized carbons (Fsp3) is 0.917. The highest BCUT2D eigenvalue weighted by atomic mass is 32.2. The van der Waals surface area contributed by atoms with Crippen molar-refractivity contribution in [2.45, 2.75) is 13.3 Å². The van der Waals surface area contributed by atoms with E-state index in [-0.39, 0.29) is 5.91 Å². The van der Waals surface area contributed by atoms with Crippen LogP contribution in [0.3, 0.4) is 0 Å². The lowest BCUT2D eigenvalue weighted by Crippen LogP contribution is -2.47. The lowest BCUT2D eigenvalue weighted by Gasteiger charge is -2.26. The van der Waals surface area contributed by atoms with Gasteiger partial charge in [0.1, 0.15) is 0 Å². The van der Waals surface area contributed by atoms with Crippen LogP contribution in [0, 0.1) is 0 Å². The molecule has 0 aromatic heterocycles. The van der Waals surface area contributed by atoms with E-state index < -0.39 is 10.0 Å². The van der Waals surface area contributed by atoms with E-state index in [1.54, 1.807) is 0 Å². The van der Waals surface area contributed by atoms with Crippen molar-refractivity contribution in [1.29, 1.82) is 0 Å². The predicted octanol–water partition coefficient (Wildman–Crippen LogP) is -1.32. The average molecular weight is 306 g/mol. The van der Waals surface area contributed by atoms with Gasteiger partial charge in [0.25, 0.3) is 0 Å². The highest BCUT2D eigenvalue weighted by molar-refractivity contribution is 7.88. The lowest BCUT2D eigenvalue weighted by atomic mass is 10.3. The summed E-state index contributed by atoms with van der Waals surface area (Å²) in [5.41, 5.74) is 0. The lowest BCUT2D eigenvalue weighted by molar-refractivity contribution is -0.122. The zero-order valence-electron chi connectivity index (χ0n) is 12.4. The van der Waals surface area contributed by atoms with Gasteiger partial charge in [0.2, 0.25) is 15.9 Å². The first-order chi connectivity index (χ1) is 9.43. The number of rotatable bonds is 8. The molecule has 118 valence electrons. The molecular weight excluding hydrogens is 280 g/mol. The summed E-state index contributed by atoms with van der Waals surface area (Å²) in [5, 5.41) is 6.08. The van der Waals surface area contributed by atoms with Gasteiger partial charge < -0.3 is 10.6 Å². The molecule has 2 N–H and O–H groups in total. The number of nitrogens with zero attached hydrogens (tertiary/aromatic N) is 2. The first-order valence-electron chi connectivity index (χ1n) is 7.08. The molecule has 20 heavy (non-hydrogen) atoms. The van der Waals surface area contributed by atoms with Gasteiger partial charge in [-0.05, 0) is 6.42 Å². The molecule has 0 atom stereocenters. The molecule has 1 saturated heterocycles. The molecule has 8 heteroatoms. The highest BCUT2D eigenvalue weighted by Gasteiger charge is 2.15. The third-order valence-electron chi connectivity index (χ3n) is 3.31. The summed E-state index contributed by atoms with van der Waals surface area (Å²) < 4.78 is 24.2. The monoisotopic (exact) mass is 306 g/mol. The molecule has 1 aliphatic heterocycles. The Morgan fingerprint density at radius 3 is 2.55 bits per heavy atom. The minimum Gasteiger partial charge on any atom is -0.355 e. The third-order valence-corrected chi connectivity index (χ3v) is 4.68. The molecule has 1 fully saturated rings. The molecule has 0 radical (unpaired) electrons. The quantitative estimate of drug-likeness (QED) is 0.544. The highest BCUT2D eigenvalue weighted by Crippen LogP contribution is 1.98. The number of sulfonamides is 1. The van der Waals surface area contributed by atoms with Gasteiger partial charge in [0, 0.05) is 45.8 Å². The van der Waals surface area contributed by atoms with E-state index in [2.05, 4.69) is 15.5 Å². The predicted molar refractivity (Wildman–Crippen MR) is 79.0 cm³/mol. The van der Waals surface area contributed by atoms with Crippen LogP contribution in [0.4, 0.5) is 0 Å². The molecule has 0 bridgehead atoms. The largest absolute Gasteiger partial charge is 0.355 e. The Bertz CT molecular complexity index is 394. The molecule has 1 rings (SSSR count). The van der Waals surface area contributed by atoms with Crippen molar-refractivity contribution in [1.82, 2.24) is 19.8 Å². The Morgan fingerprint density at radius 1 is 1.35 bits per heavy atom. The van der Waals surface area contributed by atoms with E-state index >= 15 is 0 Å². The second-order valence-corrected chi connectivity index (χ2v) is 6.97. The smallest absolute Gasteiger partial charge is 0.234 e. The summed E-state index contributed by atoms with van der Waals surface area (Å²) in [6.07, 6.45) is 1.84. The van der Waals surface area contributed by atoms with Gasteiger partial charge in [-0.15, -0.1) is 0 Å². The van der Waals surface area contributed by atoms with Gasteiger partial charge in [-0.3, -0.25) is 9.69 Å². The molecule has 1 amide bonds. The average Bonchev–Trinajstić information content (AvgIpc) is 2.38. The molecule has 0 aliphatic carbocycles. The first kappa shape index (κ1) is 17.4. The summed E-state index contributed by atoms with van der Waals surface area (Å²) >= 11 is 0. The second-order valence-electron chi connectivity index (χ2n) is 4.98. The molecule has 0 saturated carbocycles. The maximum absolute atomic E-state index is 11.7. The van der Waals surface area contributed by atoms with Crippen LogP contribution in [-0.4, -0.2) is 82.1 Å². The SMILES string of the molecule is CCN(CCCNC(=O)CN1CCNCC1)S(C)(=O)=O. The number of nitrogens with one attached hydrogen (secondary N) is 2. The summed E-state index contributed by atoms with van der Waals surface area (Å²) in [5.74, 6) is 0.00861. The van der Waals surface area contributed by atoms with Gasteiger partial charge in [-0.25, -0.2) is 12.7 Å². The molecule has 0 aromatic rings. The number of piperazine rings is 1. The van der Waals surface area contributed by atoms with Crippen molar-refractivity contribution < 1.29 is 13.2 Å². The van der Waals surface area contributed by atoms with Gasteiger partial charge >= 0.3 is 0 Å². The zero-order chi connectivity index (χ0) is 15.0. The van der Waals surface area contributed by atoms with Crippen molar-refractivity contribution in [3.05, 3.63) is 0 Å². The molecular formula is C12H26N4O3S. The minimum atomic E-state index is -3.13. The van der Waals surface area contributed by atoms with Crippen LogP contribution in [0.1, 0.15) is 13.3 Å². The van der Waals surface area contributed by atoms with Crippen LogP contribution in [0.25, 0.3) is 0 Å². The third kappa shape index (κ3) is 6.65. The summed E-state index contributed by atoms with van der Waals surface area (Å²) in [6, 6.07) is 0. The molecule has 0 spiro atoms. The Hall–Kier alpha value is -0.700. The fourth-order valence-electron chi connectivity index (χ4n) is 2.17. The normalized spacial score (nSPS) is 17.4. The standard InChI is InChI=1S/C12H26N4O3S/c1-3-16(20(2,18)19)8-4-5-14-12(17)11-15-9-6-13-7-10-15/h13H,3-11H2,1-2H3,(H,14,17). The van der Waals surface area contributed by atoms with E-state index in [9.17, 15) is 13.2 Å². The van der Waals surface area contributed by atoms with Crippen molar-refractivity contribution in [2.24, 2.45) is 0 Å². The van der Waals surface area contributed by atoms with E-state index in [4.69, 9.17) is 0 Å². The van der Waals surface area contributed by atoms with Crippen molar-refractivity contribution in [3.8, 4) is 0 Å². The van der Waals surface area contributed by atoms with Crippen LogP contribution in [0.2, 0.25) is 0 Å². The van der Waals surface area contributed by atoms with Crippen molar-refractivity contribution >= 4 is 15.9 Å². The minimum absolute atomic E-state index is 0.00861. The van der Waals surface area contributed by atoms with Crippen LogP contribution < -0.4 is 10.6 Å². The van der Waals surface area contributed by atoms with Crippen LogP contribution in [0.15, 0.2) is 0 Å². The summed E-state index contributed by atoms with van der Waals surface area (Å²) in [6.45, 7) is 7.29. The van der Waals surface area contributed by atoms with Crippen LogP contribution >= 0.6 is 0 Å². The molecule has 1 heterocycles. The molecule has 0 aromatic carbocycles. The summed E-state index contributed by atoms with van der Waals surface area (Å²) in [4.78, 5) is 13.8.